The fourth-order valence-electron chi connectivity index (χ4n) is 1.73. The Hall–Kier alpha value is -3.00. The SMILES string of the molecule is O=C(Nc1c(Cl)cc([N+](=O)[O-])cc1[N+](=O)[O-])c1ccccc1. The average Bonchev–Trinajstić information content (AvgIpc) is 2.49. The molecular weight excluding hydrogens is 314 g/mol. The highest BCUT2D eigenvalue weighted by atomic mass is 35.5. The van der Waals surface area contributed by atoms with Gasteiger partial charge in [-0.3, -0.25) is 25.0 Å². The predicted molar refractivity (Wildman–Crippen MR) is 79.2 cm³/mol. The van der Waals surface area contributed by atoms with Gasteiger partial charge >= 0.3 is 5.69 Å². The molecule has 9 heteroatoms. The van der Waals surface area contributed by atoms with Gasteiger partial charge in [0.1, 0.15) is 5.69 Å². The lowest BCUT2D eigenvalue weighted by Gasteiger charge is -2.08. The van der Waals surface area contributed by atoms with Crippen LogP contribution in [0.5, 0.6) is 0 Å². The Labute approximate surface area is 128 Å². The summed E-state index contributed by atoms with van der Waals surface area (Å²) in [5, 5.41) is 23.8. The third kappa shape index (κ3) is 3.18. The Kier molecular flexibility index (Phi) is 4.33. The summed E-state index contributed by atoms with van der Waals surface area (Å²) in [5.74, 6) is -0.612. The first-order chi connectivity index (χ1) is 10.4. The smallest absolute Gasteiger partial charge is 0.301 e. The molecule has 2 aromatic rings. The highest BCUT2D eigenvalue weighted by molar-refractivity contribution is 6.34. The van der Waals surface area contributed by atoms with E-state index in [2.05, 4.69) is 5.32 Å². The summed E-state index contributed by atoms with van der Waals surface area (Å²) in [6, 6.07) is 9.67. The molecule has 112 valence electrons. The van der Waals surface area contributed by atoms with E-state index >= 15 is 0 Å². The maximum Gasteiger partial charge on any atom is 0.301 e. The van der Waals surface area contributed by atoms with Crippen LogP contribution in [0.15, 0.2) is 42.5 Å². The monoisotopic (exact) mass is 321 g/mol. The number of hydrogen-bond acceptors (Lipinski definition) is 5. The van der Waals surface area contributed by atoms with Crippen molar-refractivity contribution in [1.29, 1.82) is 0 Å². The quantitative estimate of drug-likeness (QED) is 0.684. The van der Waals surface area contributed by atoms with E-state index in [0.717, 1.165) is 12.1 Å². The van der Waals surface area contributed by atoms with Gasteiger partial charge in [-0.05, 0) is 12.1 Å². The van der Waals surface area contributed by atoms with Crippen molar-refractivity contribution in [2.24, 2.45) is 0 Å². The normalized spacial score (nSPS) is 10.0. The summed E-state index contributed by atoms with van der Waals surface area (Å²) in [6.07, 6.45) is 0. The van der Waals surface area contributed by atoms with Crippen molar-refractivity contribution in [3.8, 4) is 0 Å². The number of amides is 1. The fourth-order valence-corrected chi connectivity index (χ4v) is 1.98. The topological polar surface area (TPSA) is 115 Å². The molecule has 0 aromatic heterocycles. The van der Waals surface area contributed by atoms with Gasteiger partial charge in [0.05, 0.1) is 20.9 Å². The molecule has 2 aromatic carbocycles. The molecule has 1 amide bonds. The number of benzene rings is 2. The number of nitrogens with zero attached hydrogens (tertiary/aromatic N) is 2. The number of anilines is 1. The highest BCUT2D eigenvalue weighted by Crippen LogP contribution is 2.36. The number of rotatable bonds is 4. The molecule has 2 rings (SSSR count). The van der Waals surface area contributed by atoms with Crippen LogP contribution in [0.3, 0.4) is 0 Å². The number of carbonyl (C=O) groups is 1. The average molecular weight is 322 g/mol. The first-order valence-electron chi connectivity index (χ1n) is 5.89. The summed E-state index contributed by atoms with van der Waals surface area (Å²) < 4.78 is 0. The zero-order valence-electron chi connectivity index (χ0n) is 10.9. The molecule has 0 saturated heterocycles. The van der Waals surface area contributed by atoms with Crippen LogP contribution in [0.1, 0.15) is 10.4 Å². The first-order valence-corrected chi connectivity index (χ1v) is 6.26. The number of hydrogen-bond donors (Lipinski definition) is 1. The van der Waals surface area contributed by atoms with Crippen molar-refractivity contribution in [1.82, 2.24) is 0 Å². The zero-order valence-corrected chi connectivity index (χ0v) is 11.6. The fraction of sp³-hybridized carbons (Fsp3) is 0. The number of nitrogens with one attached hydrogen (secondary N) is 1. The molecule has 0 aliphatic heterocycles. The van der Waals surface area contributed by atoms with Crippen LogP contribution in [-0.2, 0) is 0 Å². The molecule has 0 radical (unpaired) electrons. The van der Waals surface area contributed by atoms with Crippen LogP contribution < -0.4 is 5.32 Å². The van der Waals surface area contributed by atoms with Crippen molar-refractivity contribution >= 4 is 34.6 Å². The maximum absolute atomic E-state index is 12.0. The molecule has 0 aliphatic rings. The van der Waals surface area contributed by atoms with Crippen LogP contribution in [0.25, 0.3) is 0 Å². The minimum absolute atomic E-state index is 0.270. The molecule has 0 unspecified atom stereocenters. The van der Waals surface area contributed by atoms with E-state index < -0.39 is 27.1 Å². The van der Waals surface area contributed by atoms with Crippen molar-refractivity contribution in [3.05, 3.63) is 73.3 Å². The number of carbonyl (C=O) groups excluding carboxylic acids is 1. The van der Waals surface area contributed by atoms with Crippen molar-refractivity contribution in [2.75, 3.05) is 5.32 Å². The van der Waals surface area contributed by atoms with Crippen LogP contribution >= 0.6 is 11.6 Å². The third-order valence-electron chi connectivity index (χ3n) is 2.74. The standard InChI is InChI=1S/C13H8ClN3O5/c14-10-6-9(16(19)20)7-11(17(21)22)12(10)15-13(18)8-4-2-1-3-5-8/h1-7H,(H,15,18). The molecular formula is C13H8ClN3O5. The second kappa shape index (κ2) is 6.19. The zero-order chi connectivity index (χ0) is 16.3. The van der Waals surface area contributed by atoms with E-state index in [-0.39, 0.29) is 16.3 Å². The van der Waals surface area contributed by atoms with Gasteiger partial charge in [0, 0.05) is 11.6 Å². The van der Waals surface area contributed by atoms with Crippen LogP contribution in [0, 0.1) is 20.2 Å². The van der Waals surface area contributed by atoms with Gasteiger partial charge in [-0.1, -0.05) is 29.8 Å². The maximum atomic E-state index is 12.0. The Morgan fingerprint density at radius 1 is 1.05 bits per heavy atom. The van der Waals surface area contributed by atoms with E-state index in [0.29, 0.717) is 0 Å². The van der Waals surface area contributed by atoms with Gasteiger partial charge in [0.15, 0.2) is 0 Å². The lowest BCUT2D eigenvalue weighted by Crippen LogP contribution is -2.13. The molecule has 22 heavy (non-hydrogen) atoms. The van der Waals surface area contributed by atoms with Gasteiger partial charge in [-0.2, -0.15) is 0 Å². The summed E-state index contributed by atoms with van der Waals surface area (Å²) in [5.41, 5.74) is -1.20. The van der Waals surface area contributed by atoms with Crippen LogP contribution in [0.2, 0.25) is 5.02 Å². The lowest BCUT2D eigenvalue weighted by atomic mass is 10.2. The van der Waals surface area contributed by atoms with E-state index in [1.807, 2.05) is 0 Å². The van der Waals surface area contributed by atoms with Crippen molar-refractivity contribution in [2.45, 2.75) is 0 Å². The highest BCUT2D eigenvalue weighted by Gasteiger charge is 2.25. The number of halogens is 1. The second-order valence-corrected chi connectivity index (χ2v) is 4.56. The molecule has 0 bridgehead atoms. The summed E-state index contributed by atoms with van der Waals surface area (Å²) in [7, 11) is 0. The van der Waals surface area contributed by atoms with Crippen LogP contribution in [0.4, 0.5) is 17.1 Å². The van der Waals surface area contributed by atoms with Gasteiger partial charge in [0.2, 0.25) is 0 Å². The Bertz CT molecular complexity index is 764. The summed E-state index contributed by atoms with van der Waals surface area (Å²) in [4.78, 5) is 32.1. The minimum Gasteiger partial charge on any atom is -0.315 e. The number of nitro benzene ring substituents is 2. The van der Waals surface area contributed by atoms with Crippen molar-refractivity contribution < 1.29 is 14.6 Å². The molecule has 1 N–H and O–H groups in total. The number of non-ortho nitro benzene ring substituents is 1. The van der Waals surface area contributed by atoms with E-state index in [1.165, 1.54) is 12.1 Å². The van der Waals surface area contributed by atoms with E-state index in [1.54, 1.807) is 18.2 Å². The molecule has 0 saturated carbocycles. The molecule has 0 fully saturated rings. The largest absolute Gasteiger partial charge is 0.315 e. The minimum atomic E-state index is -0.848. The molecule has 8 nitrogen and oxygen atoms in total. The van der Waals surface area contributed by atoms with Crippen LogP contribution in [-0.4, -0.2) is 15.8 Å². The summed E-state index contributed by atoms with van der Waals surface area (Å²) >= 11 is 5.83. The predicted octanol–water partition coefficient (Wildman–Crippen LogP) is 3.41. The number of nitro groups is 2. The first kappa shape index (κ1) is 15.4. The molecule has 0 spiro atoms. The third-order valence-corrected chi connectivity index (χ3v) is 3.03. The van der Waals surface area contributed by atoms with Crippen molar-refractivity contribution in [3.63, 3.8) is 0 Å². The summed E-state index contributed by atoms with van der Waals surface area (Å²) in [6.45, 7) is 0. The molecule has 0 aliphatic carbocycles. The van der Waals surface area contributed by atoms with Gasteiger partial charge in [-0.15, -0.1) is 0 Å². The Morgan fingerprint density at radius 3 is 2.23 bits per heavy atom. The second-order valence-electron chi connectivity index (χ2n) is 4.16. The molecule has 0 atom stereocenters. The Balaban J connectivity index is 2.44. The Morgan fingerprint density at radius 2 is 1.68 bits per heavy atom. The van der Waals surface area contributed by atoms with Gasteiger partial charge in [-0.25, -0.2) is 0 Å². The van der Waals surface area contributed by atoms with Gasteiger partial charge < -0.3 is 5.32 Å². The van der Waals surface area contributed by atoms with Gasteiger partial charge in [0.25, 0.3) is 11.6 Å². The molecule has 0 heterocycles. The van der Waals surface area contributed by atoms with E-state index in [9.17, 15) is 25.0 Å². The lowest BCUT2D eigenvalue weighted by molar-refractivity contribution is -0.393. The van der Waals surface area contributed by atoms with E-state index in [4.69, 9.17) is 11.6 Å².